The van der Waals surface area contributed by atoms with Crippen molar-refractivity contribution in [2.45, 2.75) is 25.4 Å². The summed E-state index contributed by atoms with van der Waals surface area (Å²) >= 11 is 0. The largest absolute Gasteiger partial charge is 0.490 e. The Kier molecular flexibility index (Phi) is 8.39. The molecule has 1 unspecified atom stereocenters. The molecule has 6 heteroatoms. The van der Waals surface area contributed by atoms with Gasteiger partial charge in [0.1, 0.15) is 24.7 Å². The SMILES string of the molecule is C=C(C)C(=O)OCCOc1ccc(C2(c3ccc(OC(C=O)C(=O)C(=C)C)cc3)c3ccccc3-c3ccccc32)cc1. The smallest absolute Gasteiger partial charge is 0.333 e. The van der Waals surface area contributed by atoms with Crippen molar-refractivity contribution in [2.75, 3.05) is 13.2 Å². The van der Waals surface area contributed by atoms with E-state index in [0.29, 0.717) is 23.4 Å². The minimum absolute atomic E-state index is 0.121. The summed E-state index contributed by atoms with van der Waals surface area (Å²) in [4.78, 5) is 35.6. The van der Waals surface area contributed by atoms with Crippen LogP contribution >= 0.6 is 0 Å². The third-order valence-corrected chi connectivity index (χ3v) is 7.53. The van der Waals surface area contributed by atoms with Crippen molar-refractivity contribution in [3.63, 3.8) is 0 Å². The quantitative estimate of drug-likeness (QED) is 0.0548. The van der Waals surface area contributed by atoms with Gasteiger partial charge < -0.3 is 14.2 Å². The molecule has 0 fully saturated rings. The van der Waals surface area contributed by atoms with Gasteiger partial charge in [-0.15, -0.1) is 0 Å². The van der Waals surface area contributed by atoms with Gasteiger partial charge in [-0.1, -0.05) is 86.0 Å². The van der Waals surface area contributed by atoms with Crippen LogP contribution in [0.4, 0.5) is 0 Å². The average molecular weight is 573 g/mol. The first-order valence-corrected chi connectivity index (χ1v) is 13.9. The van der Waals surface area contributed by atoms with E-state index in [2.05, 4.69) is 37.4 Å². The fourth-order valence-electron chi connectivity index (χ4n) is 5.56. The van der Waals surface area contributed by atoms with E-state index < -0.39 is 23.3 Å². The van der Waals surface area contributed by atoms with Gasteiger partial charge in [0.25, 0.3) is 0 Å². The maximum absolute atomic E-state index is 12.3. The molecule has 4 aromatic rings. The van der Waals surface area contributed by atoms with Crippen molar-refractivity contribution in [3.05, 3.63) is 144 Å². The first-order valence-electron chi connectivity index (χ1n) is 13.9. The van der Waals surface area contributed by atoms with Crippen LogP contribution in [0.5, 0.6) is 11.5 Å². The average Bonchev–Trinajstić information content (AvgIpc) is 3.33. The number of hydrogen-bond donors (Lipinski definition) is 0. The van der Waals surface area contributed by atoms with E-state index in [4.69, 9.17) is 14.2 Å². The zero-order valence-corrected chi connectivity index (χ0v) is 24.2. The Hall–Kier alpha value is -5.23. The van der Waals surface area contributed by atoms with Crippen molar-refractivity contribution < 1.29 is 28.6 Å². The van der Waals surface area contributed by atoms with Gasteiger partial charge >= 0.3 is 5.97 Å². The third kappa shape index (κ3) is 5.52. The lowest BCUT2D eigenvalue weighted by Crippen LogP contribution is -2.30. The predicted molar refractivity (Wildman–Crippen MR) is 165 cm³/mol. The first-order chi connectivity index (χ1) is 20.8. The van der Waals surface area contributed by atoms with Crippen molar-refractivity contribution in [3.8, 4) is 22.6 Å². The van der Waals surface area contributed by atoms with Crippen molar-refractivity contribution in [1.82, 2.24) is 0 Å². The minimum Gasteiger partial charge on any atom is -0.490 e. The highest BCUT2D eigenvalue weighted by Gasteiger charge is 2.45. The van der Waals surface area contributed by atoms with Crippen molar-refractivity contribution in [1.29, 1.82) is 0 Å². The van der Waals surface area contributed by atoms with Gasteiger partial charge in [0.15, 0.2) is 6.29 Å². The standard InChI is InChI=1S/C37H32O6/c1-24(2)35(39)34(23-38)43-29-19-15-27(16-20-29)37(32-11-7-5-9-30(32)31-10-6-8-12-33(31)37)26-13-17-28(18-14-26)41-21-22-42-36(40)25(3)4/h5-20,23,34H,1,3,21-22H2,2,4H3. The summed E-state index contributed by atoms with van der Waals surface area (Å²) in [5.41, 5.74) is 6.52. The highest BCUT2D eigenvalue weighted by molar-refractivity contribution is 6.06. The number of Topliss-reactive ketones (excluding diaryl/α,β-unsaturated/α-hetero) is 1. The number of aldehydes is 1. The molecule has 4 aromatic carbocycles. The Morgan fingerprint density at radius 3 is 1.72 bits per heavy atom. The molecule has 1 atom stereocenters. The lowest BCUT2D eigenvalue weighted by molar-refractivity contribution is -0.139. The Labute approximate surface area is 251 Å². The fraction of sp³-hybridized carbons (Fsp3) is 0.162. The summed E-state index contributed by atoms with van der Waals surface area (Å²) in [7, 11) is 0. The Bertz CT molecular complexity index is 1650. The molecule has 0 radical (unpaired) electrons. The minimum atomic E-state index is -1.25. The lowest BCUT2D eigenvalue weighted by atomic mass is 9.68. The zero-order valence-electron chi connectivity index (χ0n) is 24.2. The van der Waals surface area contributed by atoms with Gasteiger partial charge in [0, 0.05) is 5.57 Å². The second kappa shape index (κ2) is 12.3. The monoisotopic (exact) mass is 572 g/mol. The predicted octanol–water partition coefficient (Wildman–Crippen LogP) is 6.64. The Morgan fingerprint density at radius 2 is 1.23 bits per heavy atom. The van der Waals surface area contributed by atoms with Crippen LogP contribution in [-0.4, -0.2) is 37.4 Å². The fourth-order valence-corrected chi connectivity index (χ4v) is 5.56. The Morgan fingerprint density at radius 1 is 0.721 bits per heavy atom. The molecule has 0 bridgehead atoms. The van der Waals surface area contributed by atoms with Crippen LogP contribution in [0.1, 0.15) is 36.1 Å². The van der Waals surface area contributed by atoms with Crippen LogP contribution < -0.4 is 9.47 Å². The number of benzene rings is 4. The molecule has 0 aromatic heterocycles. The van der Waals surface area contributed by atoms with Crippen molar-refractivity contribution >= 4 is 18.0 Å². The molecule has 0 amide bonds. The Balaban J connectivity index is 1.53. The molecule has 43 heavy (non-hydrogen) atoms. The van der Waals surface area contributed by atoms with Gasteiger partial charge in [0.05, 0.1) is 5.41 Å². The second-order valence-corrected chi connectivity index (χ2v) is 10.5. The van der Waals surface area contributed by atoms with Crippen molar-refractivity contribution in [2.24, 2.45) is 0 Å². The highest BCUT2D eigenvalue weighted by Crippen LogP contribution is 2.56. The number of hydrogen-bond acceptors (Lipinski definition) is 6. The molecule has 0 spiro atoms. The number of rotatable bonds is 12. The van der Waals surface area contributed by atoms with E-state index in [0.717, 1.165) is 33.4 Å². The molecule has 0 aliphatic heterocycles. The molecule has 0 saturated heterocycles. The topological polar surface area (TPSA) is 78.9 Å². The van der Waals surface area contributed by atoms with Crippen LogP contribution in [-0.2, 0) is 24.5 Å². The number of carbonyl (C=O) groups excluding carboxylic acids is 3. The molecule has 1 aliphatic rings. The number of ether oxygens (including phenoxy) is 3. The summed E-state index contributed by atoms with van der Waals surface area (Å²) in [6.07, 6.45) is -0.758. The van der Waals surface area contributed by atoms with Crippen LogP contribution in [0, 0.1) is 0 Å². The molecule has 0 heterocycles. The first kappa shape index (κ1) is 29.3. The van der Waals surface area contributed by atoms with E-state index in [1.165, 1.54) is 0 Å². The number of carbonyl (C=O) groups is 3. The van der Waals surface area contributed by atoms with Crippen LogP contribution in [0.3, 0.4) is 0 Å². The van der Waals surface area contributed by atoms with Crippen LogP contribution in [0.2, 0.25) is 0 Å². The molecule has 6 nitrogen and oxygen atoms in total. The summed E-state index contributed by atoms with van der Waals surface area (Å²) in [6.45, 7) is 10.7. The molecule has 0 N–H and O–H groups in total. The second-order valence-electron chi connectivity index (χ2n) is 10.5. The maximum Gasteiger partial charge on any atom is 0.333 e. The van der Waals surface area contributed by atoms with Gasteiger partial charge in [-0.25, -0.2) is 4.79 Å². The van der Waals surface area contributed by atoms with Gasteiger partial charge in [0.2, 0.25) is 11.9 Å². The molecular formula is C37H32O6. The summed E-state index contributed by atoms with van der Waals surface area (Å²) in [5, 5.41) is 0. The molecule has 5 rings (SSSR count). The van der Waals surface area contributed by atoms with Gasteiger partial charge in [-0.05, 0) is 77.1 Å². The lowest BCUT2D eigenvalue weighted by Gasteiger charge is -2.34. The summed E-state index contributed by atoms with van der Waals surface area (Å²) in [6, 6.07) is 32.2. The van der Waals surface area contributed by atoms with Crippen LogP contribution in [0.25, 0.3) is 11.1 Å². The summed E-state index contributed by atoms with van der Waals surface area (Å²) in [5.74, 6) is 0.155. The zero-order chi connectivity index (χ0) is 30.6. The molecule has 1 aliphatic carbocycles. The number of fused-ring (bicyclic) bond motifs is 3. The highest BCUT2D eigenvalue weighted by atomic mass is 16.6. The molecule has 216 valence electrons. The normalized spacial score (nSPS) is 13.2. The third-order valence-electron chi connectivity index (χ3n) is 7.53. The van der Waals surface area contributed by atoms with E-state index in [1.807, 2.05) is 60.7 Å². The van der Waals surface area contributed by atoms with Gasteiger partial charge in [-0.3, -0.25) is 9.59 Å². The number of ketones is 1. The van der Waals surface area contributed by atoms with E-state index >= 15 is 0 Å². The van der Waals surface area contributed by atoms with E-state index in [9.17, 15) is 14.4 Å². The number of esters is 1. The molecule has 0 saturated carbocycles. The van der Waals surface area contributed by atoms with Crippen LogP contribution in [0.15, 0.2) is 121 Å². The summed E-state index contributed by atoms with van der Waals surface area (Å²) < 4.78 is 16.7. The van der Waals surface area contributed by atoms with Gasteiger partial charge in [-0.2, -0.15) is 0 Å². The van der Waals surface area contributed by atoms with E-state index in [1.54, 1.807) is 26.0 Å². The maximum atomic E-state index is 12.3. The molecular weight excluding hydrogens is 540 g/mol. The van der Waals surface area contributed by atoms with E-state index in [-0.39, 0.29) is 18.8 Å².